The SMILES string of the molecule is Cc1cccc(OCCSc2nc3ccccc3o2)c1. The van der Waals surface area contributed by atoms with Crippen LogP contribution in [0.5, 0.6) is 5.75 Å². The molecule has 0 N–H and O–H groups in total. The number of rotatable bonds is 5. The van der Waals surface area contributed by atoms with Crippen LogP contribution in [-0.2, 0) is 0 Å². The largest absolute Gasteiger partial charge is 0.493 e. The van der Waals surface area contributed by atoms with Crippen LogP contribution in [0.15, 0.2) is 58.2 Å². The van der Waals surface area contributed by atoms with Crippen molar-refractivity contribution < 1.29 is 9.15 Å². The van der Waals surface area contributed by atoms with E-state index in [1.807, 2.05) is 42.5 Å². The van der Waals surface area contributed by atoms with Crippen LogP contribution in [-0.4, -0.2) is 17.3 Å². The van der Waals surface area contributed by atoms with Crippen molar-refractivity contribution >= 4 is 22.9 Å². The van der Waals surface area contributed by atoms with Crippen LogP contribution in [0.4, 0.5) is 0 Å². The van der Waals surface area contributed by atoms with Crippen molar-refractivity contribution in [3.8, 4) is 5.75 Å². The molecule has 2 aromatic carbocycles. The van der Waals surface area contributed by atoms with Gasteiger partial charge < -0.3 is 9.15 Å². The molecule has 0 aliphatic carbocycles. The third-order valence-corrected chi connectivity index (χ3v) is 3.63. The lowest BCUT2D eigenvalue weighted by atomic mass is 10.2. The molecule has 3 aromatic rings. The highest BCUT2D eigenvalue weighted by Crippen LogP contribution is 2.23. The van der Waals surface area contributed by atoms with Crippen molar-refractivity contribution in [1.82, 2.24) is 4.98 Å². The molecule has 1 aromatic heterocycles. The van der Waals surface area contributed by atoms with Gasteiger partial charge in [-0.05, 0) is 36.8 Å². The van der Waals surface area contributed by atoms with Gasteiger partial charge in [0, 0.05) is 5.75 Å². The molecular formula is C16H15NO2S. The van der Waals surface area contributed by atoms with E-state index in [0.29, 0.717) is 11.8 Å². The van der Waals surface area contributed by atoms with Gasteiger partial charge in [0.15, 0.2) is 5.58 Å². The minimum atomic E-state index is 0.632. The lowest BCUT2D eigenvalue weighted by molar-refractivity contribution is 0.343. The molecule has 0 amide bonds. The lowest BCUT2D eigenvalue weighted by Gasteiger charge is -2.05. The summed E-state index contributed by atoms with van der Waals surface area (Å²) in [5, 5.41) is 0.694. The number of hydrogen-bond donors (Lipinski definition) is 0. The highest BCUT2D eigenvalue weighted by Gasteiger charge is 2.05. The van der Waals surface area contributed by atoms with Crippen molar-refractivity contribution in [2.75, 3.05) is 12.4 Å². The molecular weight excluding hydrogens is 270 g/mol. The van der Waals surface area contributed by atoms with E-state index in [-0.39, 0.29) is 0 Å². The minimum absolute atomic E-state index is 0.632. The molecule has 3 rings (SSSR count). The highest BCUT2D eigenvalue weighted by atomic mass is 32.2. The molecule has 102 valence electrons. The Morgan fingerprint density at radius 1 is 1.15 bits per heavy atom. The monoisotopic (exact) mass is 285 g/mol. The Bertz CT molecular complexity index is 675. The van der Waals surface area contributed by atoms with Crippen LogP contribution < -0.4 is 4.74 Å². The van der Waals surface area contributed by atoms with Gasteiger partial charge in [0.1, 0.15) is 11.3 Å². The molecule has 0 aliphatic heterocycles. The van der Waals surface area contributed by atoms with Gasteiger partial charge in [-0.2, -0.15) is 0 Å². The Hall–Kier alpha value is -1.94. The number of aromatic nitrogens is 1. The van der Waals surface area contributed by atoms with E-state index in [9.17, 15) is 0 Å². The van der Waals surface area contributed by atoms with Gasteiger partial charge in [-0.15, -0.1) is 0 Å². The molecule has 0 saturated heterocycles. The van der Waals surface area contributed by atoms with Gasteiger partial charge in [-0.1, -0.05) is 36.0 Å². The maximum absolute atomic E-state index is 5.69. The Morgan fingerprint density at radius 2 is 2.05 bits per heavy atom. The van der Waals surface area contributed by atoms with E-state index in [0.717, 1.165) is 22.6 Å². The van der Waals surface area contributed by atoms with Crippen LogP contribution in [0.1, 0.15) is 5.56 Å². The first kappa shape index (κ1) is 13.1. The number of benzene rings is 2. The van der Waals surface area contributed by atoms with Crippen molar-refractivity contribution in [2.45, 2.75) is 12.1 Å². The third-order valence-electron chi connectivity index (χ3n) is 2.84. The van der Waals surface area contributed by atoms with Gasteiger partial charge >= 0.3 is 0 Å². The zero-order valence-corrected chi connectivity index (χ0v) is 12.0. The number of hydrogen-bond acceptors (Lipinski definition) is 4. The summed E-state index contributed by atoms with van der Waals surface area (Å²) in [7, 11) is 0. The lowest BCUT2D eigenvalue weighted by Crippen LogP contribution is -2.00. The molecule has 0 radical (unpaired) electrons. The first-order chi connectivity index (χ1) is 9.81. The van der Waals surface area contributed by atoms with E-state index in [2.05, 4.69) is 18.0 Å². The predicted octanol–water partition coefficient (Wildman–Crippen LogP) is 4.31. The molecule has 0 aliphatic rings. The molecule has 0 saturated carbocycles. The van der Waals surface area contributed by atoms with Gasteiger partial charge in [0.25, 0.3) is 5.22 Å². The Labute approximate surface area is 122 Å². The van der Waals surface area contributed by atoms with Gasteiger partial charge in [0.2, 0.25) is 0 Å². The second-order valence-corrected chi connectivity index (χ2v) is 5.51. The van der Waals surface area contributed by atoms with E-state index >= 15 is 0 Å². The summed E-state index contributed by atoms with van der Waals surface area (Å²) < 4.78 is 11.3. The van der Waals surface area contributed by atoms with E-state index in [1.54, 1.807) is 11.8 Å². The molecule has 0 bridgehead atoms. The van der Waals surface area contributed by atoms with Crippen LogP contribution in [0, 0.1) is 6.92 Å². The second kappa shape index (κ2) is 6.01. The van der Waals surface area contributed by atoms with E-state index in [1.165, 1.54) is 5.56 Å². The maximum Gasteiger partial charge on any atom is 0.256 e. The fraction of sp³-hybridized carbons (Fsp3) is 0.188. The van der Waals surface area contributed by atoms with E-state index in [4.69, 9.17) is 9.15 Å². The summed E-state index contributed by atoms with van der Waals surface area (Å²) in [5.41, 5.74) is 2.93. The number of ether oxygens (including phenoxy) is 1. The molecule has 20 heavy (non-hydrogen) atoms. The normalized spacial score (nSPS) is 10.8. The van der Waals surface area contributed by atoms with Crippen LogP contribution in [0.25, 0.3) is 11.1 Å². The number of para-hydroxylation sites is 2. The first-order valence-electron chi connectivity index (χ1n) is 6.49. The summed E-state index contributed by atoms with van der Waals surface area (Å²) in [5.74, 6) is 1.71. The second-order valence-electron chi connectivity index (χ2n) is 4.46. The van der Waals surface area contributed by atoms with Crippen LogP contribution in [0.2, 0.25) is 0 Å². The highest BCUT2D eigenvalue weighted by molar-refractivity contribution is 7.99. The Balaban J connectivity index is 1.52. The smallest absolute Gasteiger partial charge is 0.256 e. The molecule has 3 nitrogen and oxygen atoms in total. The third kappa shape index (κ3) is 3.14. The standard InChI is InChI=1S/C16H15NO2S/c1-12-5-4-6-13(11-12)18-9-10-20-16-17-14-7-2-3-8-15(14)19-16/h2-8,11H,9-10H2,1H3. The van der Waals surface area contributed by atoms with Crippen molar-refractivity contribution in [2.24, 2.45) is 0 Å². The number of thioether (sulfide) groups is 1. The molecule has 0 atom stereocenters. The molecule has 1 heterocycles. The fourth-order valence-corrected chi connectivity index (χ4v) is 2.56. The molecule has 0 fully saturated rings. The average molecular weight is 285 g/mol. The van der Waals surface area contributed by atoms with Crippen molar-refractivity contribution in [3.05, 3.63) is 54.1 Å². The first-order valence-corrected chi connectivity index (χ1v) is 7.48. The van der Waals surface area contributed by atoms with Gasteiger partial charge in [-0.3, -0.25) is 0 Å². The maximum atomic E-state index is 5.69. The topological polar surface area (TPSA) is 35.3 Å². The summed E-state index contributed by atoms with van der Waals surface area (Å²) in [4.78, 5) is 4.41. The minimum Gasteiger partial charge on any atom is -0.493 e. The summed E-state index contributed by atoms with van der Waals surface area (Å²) in [6, 6.07) is 15.8. The molecule has 4 heteroatoms. The van der Waals surface area contributed by atoms with E-state index < -0.39 is 0 Å². The van der Waals surface area contributed by atoms with Crippen LogP contribution >= 0.6 is 11.8 Å². The Kier molecular flexibility index (Phi) is 3.92. The number of nitrogens with zero attached hydrogens (tertiary/aromatic N) is 1. The average Bonchev–Trinajstić information content (AvgIpc) is 2.86. The van der Waals surface area contributed by atoms with Crippen molar-refractivity contribution in [3.63, 3.8) is 0 Å². The van der Waals surface area contributed by atoms with Gasteiger partial charge in [-0.25, -0.2) is 4.98 Å². The zero-order chi connectivity index (χ0) is 13.8. The zero-order valence-electron chi connectivity index (χ0n) is 11.2. The summed E-state index contributed by atoms with van der Waals surface area (Å²) in [6.45, 7) is 2.69. The Morgan fingerprint density at radius 3 is 2.90 bits per heavy atom. The summed E-state index contributed by atoms with van der Waals surface area (Å²) >= 11 is 1.57. The quantitative estimate of drug-likeness (QED) is 0.517. The predicted molar refractivity (Wildman–Crippen MR) is 81.4 cm³/mol. The summed E-state index contributed by atoms with van der Waals surface area (Å²) in [6.07, 6.45) is 0. The van der Waals surface area contributed by atoms with Gasteiger partial charge in [0.05, 0.1) is 6.61 Å². The van der Waals surface area contributed by atoms with Crippen molar-refractivity contribution in [1.29, 1.82) is 0 Å². The number of oxazole rings is 1. The molecule has 0 unspecified atom stereocenters. The number of fused-ring (bicyclic) bond motifs is 1. The number of aryl methyl sites for hydroxylation is 1. The molecule has 0 spiro atoms. The fourth-order valence-electron chi connectivity index (χ4n) is 1.91. The van der Waals surface area contributed by atoms with Crippen LogP contribution in [0.3, 0.4) is 0 Å².